The molecule has 4 aromatic rings. The Labute approximate surface area is 184 Å². The van der Waals surface area contributed by atoms with E-state index >= 15 is 0 Å². The number of rotatable bonds is 3. The van der Waals surface area contributed by atoms with Crippen molar-refractivity contribution in [2.75, 3.05) is 17.7 Å². The van der Waals surface area contributed by atoms with Gasteiger partial charge in [0.1, 0.15) is 41.1 Å². The van der Waals surface area contributed by atoms with Gasteiger partial charge in [0.25, 0.3) is 0 Å². The molecule has 11 heteroatoms. The monoisotopic (exact) mass is 453 g/mol. The number of anilines is 2. The molecule has 3 aromatic heterocycles. The predicted octanol–water partition coefficient (Wildman–Crippen LogP) is 2.62. The number of hydrogen-bond donors (Lipinski definition) is 2. The van der Waals surface area contributed by atoms with Crippen LogP contribution in [0.3, 0.4) is 0 Å². The Hall–Kier alpha value is -4.04. The van der Waals surface area contributed by atoms with Gasteiger partial charge >= 0.3 is 0 Å². The maximum absolute atomic E-state index is 13.6. The number of nitrogens with zero attached hydrogens (tertiary/aromatic N) is 5. The highest BCUT2D eigenvalue weighted by atomic mass is 32.2. The van der Waals surface area contributed by atoms with Crippen molar-refractivity contribution < 1.29 is 12.8 Å². The summed E-state index contributed by atoms with van der Waals surface area (Å²) in [7, 11) is -3.30. The van der Waals surface area contributed by atoms with Crippen molar-refractivity contribution in [2.24, 2.45) is 0 Å². The molecule has 0 radical (unpaired) electrons. The van der Waals surface area contributed by atoms with E-state index in [-0.39, 0.29) is 27.9 Å². The third kappa shape index (κ3) is 4.65. The summed E-state index contributed by atoms with van der Waals surface area (Å²) in [5.41, 5.74) is 13.6. The average Bonchev–Trinajstić information content (AvgIpc) is 3.11. The second-order valence-electron chi connectivity index (χ2n) is 6.77. The zero-order valence-corrected chi connectivity index (χ0v) is 18.1. The number of sulfone groups is 1. The molecule has 0 spiro atoms. The van der Waals surface area contributed by atoms with Gasteiger partial charge < -0.3 is 11.5 Å². The fraction of sp³-hybridized carbons (Fsp3) is 0.143. The topological polar surface area (TPSA) is 153 Å². The summed E-state index contributed by atoms with van der Waals surface area (Å²) in [6.07, 6.45) is 4.41. The van der Waals surface area contributed by atoms with Crippen molar-refractivity contribution in [2.45, 2.75) is 18.2 Å². The average molecular weight is 454 g/mol. The number of fused-ring (bicyclic) bond motifs is 1. The molecular weight excluding hydrogens is 433 g/mol. The Morgan fingerprint density at radius 3 is 2.41 bits per heavy atom. The van der Waals surface area contributed by atoms with E-state index in [0.29, 0.717) is 17.6 Å². The van der Waals surface area contributed by atoms with Gasteiger partial charge in [0.15, 0.2) is 9.84 Å². The summed E-state index contributed by atoms with van der Waals surface area (Å²) in [6.45, 7) is 1.96. The lowest BCUT2D eigenvalue weighted by molar-refractivity contribution is 0.602. The summed E-state index contributed by atoms with van der Waals surface area (Å²) < 4.78 is 38.7. The highest BCUT2D eigenvalue weighted by molar-refractivity contribution is 7.90. The van der Waals surface area contributed by atoms with Crippen molar-refractivity contribution in [1.82, 2.24) is 19.4 Å². The number of nitrogens with two attached hydrogens (primary N) is 2. The third-order valence-corrected chi connectivity index (χ3v) is 5.65. The van der Waals surface area contributed by atoms with Crippen molar-refractivity contribution >= 4 is 27.1 Å². The smallest absolute Gasteiger partial charge is 0.175 e. The van der Waals surface area contributed by atoms with Gasteiger partial charge in [-0.05, 0) is 30.7 Å². The van der Waals surface area contributed by atoms with Gasteiger partial charge in [-0.2, -0.15) is 5.26 Å². The highest BCUT2D eigenvalue weighted by Crippen LogP contribution is 2.28. The number of nitrogen functional groups attached to an aromatic ring is 2. The van der Waals surface area contributed by atoms with Gasteiger partial charge in [-0.3, -0.25) is 4.40 Å². The molecule has 0 aliphatic heterocycles. The Morgan fingerprint density at radius 1 is 1.16 bits per heavy atom. The minimum absolute atomic E-state index is 0.120. The first-order chi connectivity index (χ1) is 15.2. The first-order valence-electron chi connectivity index (χ1n) is 9.38. The van der Waals surface area contributed by atoms with Crippen molar-refractivity contribution in [1.29, 1.82) is 5.26 Å². The molecule has 0 saturated carbocycles. The van der Waals surface area contributed by atoms with Gasteiger partial charge in [0.05, 0.1) is 16.3 Å². The van der Waals surface area contributed by atoms with Crippen molar-refractivity contribution in [3.63, 3.8) is 0 Å². The van der Waals surface area contributed by atoms with Crippen LogP contribution in [0.5, 0.6) is 0 Å². The summed E-state index contributed by atoms with van der Waals surface area (Å²) in [4.78, 5) is 11.9. The SMILES string of the molecule is CCc1nc2ccc(F)cn2c1-c1cccc(S(C)(=O)=O)c1.N#Cc1c(N)ncnc1N. The molecule has 164 valence electrons. The third-order valence-electron chi connectivity index (χ3n) is 4.54. The van der Waals surface area contributed by atoms with E-state index in [1.807, 2.05) is 13.0 Å². The Kier molecular flexibility index (Phi) is 6.36. The first-order valence-corrected chi connectivity index (χ1v) is 11.3. The number of aryl methyl sites for hydroxylation is 1. The summed E-state index contributed by atoms with van der Waals surface area (Å²) in [6, 6.07) is 11.4. The van der Waals surface area contributed by atoms with Crippen LogP contribution < -0.4 is 11.5 Å². The molecule has 0 fully saturated rings. The van der Waals surface area contributed by atoms with Crippen molar-refractivity contribution in [3.05, 3.63) is 66.0 Å². The minimum Gasteiger partial charge on any atom is -0.382 e. The molecule has 0 unspecified atom stereocenters. The fourth-order valence-corrected chi connectivity index (χ4v) is 3.69. The molecule has 0 aliphatic carbocycles. The van der Waals surface area contributed by atoms with Crippen molar-refractivity contribution in [3.8, 4) is 17.3 Å². The molecule has 0 amide bonds. The Morgan fingerprint density at radius 2 is 1.84 bits per heavy atom. The first kappa shape index (κ1) is 22.6. The van der Waals surface area contributed by atoms with Crippen LogP contribution in [0.2, 0.25) is 0 Å². The number of halogens is 1. The minimum atomic E-state index is -3.30. The number of hydrogen-bond acceptors (Lipinski definition) is 8. The zero-order valence-electron chi connectivity index (χ0n) is 17.3. The van der Waals surface area contributed by atoms with Crippen LogP contribution in [0.1, 0.15) is 18.2 Å². The van der Waals surface area contributed by atoms with E-state index in [9.17, 15) is 12.8 Å². The van der Waals surface area contributed by atoms with E-state index < -0.39 is 9.84 Å². The lowest BCUT2D eigenvalue weighted by Gasteiger charge is -2.06. The summed E-state index contributed by atoms with van der Waals surface area (Å²) >= 11 is 0. The molecule has 0 aliphatic rings. The quantitative estimate of drug-likeness (QED) is 0.480. The second-order valence-corrected chi connectivity index (χ2v) is 8.78. The molecule has 9 nitrogen and oxygen atoms in total. The van der Waals surface area contributed by atoms with Crippen LogP contribution in [0, 0.1) is 17.1 Å². The number of nitriles is 1. The molecule has 3 heterocycles. The number of aromatic nitrogens is 4. The molecule has 0 atom stereocenters. The molecular formula is C21H20FN7O2S. The molecule has 0 saturated heterocycles. The summed E-state index contributed by atoms with van der Waals surface area (Å²) in [5, 5.41) is 8.41. The molecule has 4 N–H and O–H groups in total. The van der Waals surface area contributed by atoms with E-state index in [2.05, 4.69) is 15.0 Å². The van der Waals surface area contributed by atoms with E-state index in [0.717, 1.165) is 11.4 Å². The standard InChI is InChI=1S/C16H15FN2O2S.C5H5N5/c1-3-14-16(19-10-12(17)7-8-15(19)18-14)11-5-4-6-13(9-11)22(2,20)21;6-1-3-4(7)9-2-10-5(3)8/h4-10H,3H2,1-2H3;2H,(H4,7,8,9,10). The zero-order chi connectivity index (χ0) is 23.5. The van der Waals surface area contributed by atoms with Gasteiger partial charge in [-0.25, -0.2) is 27.8 Å². The lowest BCUT2D eigenvalue weighted by Crippen LogP contribution is -2.01. The largest absolute Gasteiger partial charge is 0.382 e. The van der Waals surface area contributed by atoms with E-state index in [1.165, 1.54) is 24.8 Å². The highest BCUT2D eigenvalue weighted by Gasteiger charge is 2.15. The van der Waals surface area contributed by atoms with Gasteiger partial charge in [0, 0.05) is 18.0 Å². The van der Waals surface area contributed by atoms with Crippen LogP contribution in [0.25, 0.3) is 16.9 Å². The Balaban J connectivity index is 0.000000243. The lowest BCUT2D eigenvalue weighted by atomic mass is 10.1. The van der Waals surface area contributed by atoms with Gasteiger partial charge in [-0.1, -0.05) is 19.1 Å². The number of imidazole rings is 1. The van der Waals surface area contributed by atoms with Crippen LogP contribution in [0.4, 0.5) is 16.0 Å². The summed E-state index contributed by atoms with van der Waals surface area (Å²) in [5.74, 6) is -0.127. The van der Waals surface area contributed by atoms with Crippen LogP contribution >= 0.6 is 0 Å². The second kappa shape index (κ2) is 8.99. The van der Waals surface area contributed by atoms with E-state index in [4.69, 9.17) is 16.7 Å². The normalized spacial score (nSPS) is 10.9. The van der Waals surface area contributed by atoms with Crippen LogP contribution in [0.15, 0.2) is 53.8 Å². The predicted molar refractivity (Wildman–Crippen MR) is 119 cm³/mol. The van der Waals surface area contributed by atoms with E-state index in [1.54, 1.807) is 34.7 Å². The maximum atomic E-state index is 13.6. The number of pyridine rings is 1. The molecule has 1 aromatic carbocycles. The molecule has 0 bridgehead atoms. The fourth-order valence-electron chi connectivity index (χ4n) is 3.02. The molecule has 4 rings (SSSR count). The Bertz CT molecular complexity index is 1420. The number of benzene rings is 1. The van der Waals surface area contributed by atoms with Crippen LogP contribution in [-0.4, -0.2) is 34.0 Å². The van der Waals surface area contributed by atoms with Crippen LogP contribution in [-0.2, 0) is 16.3 Å². The molecule has 32 heavy (non-hydrogen) atoms. The van der Waals surface area contributed by atoms with Gasteiger partial charge in [0.2, 0.25) is 0 Å². The van der Waals surface area contributed by atoms with Gasteiger partial charge in [-0.15, -0.1) is 0 Å². The maximum Gasteiger partial charge on any atom is 0.175 e.